The first-order valence-corrected chi connectivity index (χ1v) is 10.5. The zero-order valence-corrected chi connectivity index (χ0v) is 17.2. The molecule has 0 unspecified atom stereocenters. The third-order valence-electron chi connectivity index (χ3n) is 5.48. The molecule has 2 aromatic carbocycles. The van der Waals surface area contributed by atoms with Crippen LogP contribution in [-0.4, -0.2) is 34.5 Å². The lowest BCUT2D eigenvalue weighted by Gasteiger charge is -2.32. The molecule has 1 aliphatic rings. The van der Waals surface area contributed by atoms with Gasteiger partial charge in [-0.2, -0.15) is 0 Å². The van der Waals surface area contributed by atoms with E-state index in [4.69, 9.17) is 11.6 Å². The van der Waals surface area contributed by atoms with E-state index in [1.54, 1.807) is 0 Å². The minimum atomic E-state index is 0.106. The van der Waals surface area contributed by atoms with Crippen LogP contribution in [0.2, 0.25) is 5.02 Å². The van der Waals surface area contributed by atoms with E-state index in [0.29, 0.717) is 6.42 Å². The lowest BCUT2D eigenvalue weighted by Crippen LogP contribution is -2.44. The molecule has 5 heteroatoms. The van der Waals surface area contributed by atoms with Gasteiger partial charge in [0.1, 0.15) is 0 Å². The van der Waals surface area contributed by atoms with Crippen molar-refractivity contribution in [2.75, 3.05) is 13.1 Å². The largest absolute Gasteiger partial charge is 0.353 e. The molecule has 0 spiro atoms. The normalized spacial score (nSPS) is 15.3. The van der Waals surface area contributed by atoms with Gasteiger partial charge in [0.05, 0.1) is 6.42 Å². The molecule has 0 saturated carbocycles. The van der Waals surface area contributed by atoms with Crippen LogP contribution >= 0.6 is 11.6 Å². The number of hydrogen-bond donors (Lipinski definition) is 1. The van der Waals surface area contributed by atoms with E-state index in [2.05, 4.69) is 39.0 Å². The average molecular weight is 408 g/mol. The van der Waals surface area contributed by atoms with Gasteiger partial charge in [0.15, 0.2) is 0 Å². The van der Waals surface area contributed by atoms with Gasteiger partial charge in [0.25, 0.3) is 0 Å². The van der Waals surface area contributed by atoms with Gasteiger partial charge in [-0.05, 0) is 60.4 Å². The number of hydrogen-bond acceptors (Lipinski definition) is 2. The first-order valence-electron chi connectivity index (χ1n) is 10.1. The molecular formula is C24H26ClN3O. The Morgan fingerprint density at radius 2 is 1.55 bits per heavy atom. The summed E-state index contributed by atoms with van der Waals surface area (Å²) in [6, 6.07) is 20.5. The number of piperidine rings is 1. The van der Waals surface area contributed by atoms with Crippen LogP contribution in [0.5, 0.6) is 0 Å². The summed E-state index contributed by atoms with van der Waals surface area (Å²) in [6.45, 7) is 2.93. The highest BCUT2D eigenvalue weighted by molar-refractivity contribution is 6.30. The highest BCUT2D eigenvalue weighted by Crippen LogP contribution is 2.16. The number of aromatic nitrogens is 1. The molecule has 150 valence electrons. The van der Waals surface area contributed by atoms with Crippen LogP contribution in [-0.2, 0) is 17.8 Å². The van der Waals surface area contributed by atoms with Crippen molar-refractivity contribution in [1.82, 2.24) is 14.8 Å². The molecule has 0 radical (unpaired) electrons. The summed E-state index contributed by atoms with van der Waals surface area (Å²) in [6.07, 6.45) is 6.44. The fourth-order valence-corrected chi connectivity index (χ4v) is 3.97. The second kappa shape index (κ2) is 9.29. The second-order valence-corrected chi connectivity index (χ2v) is 8.11. The molecule has 1 fully saturated rings. The maximum absolute atomic E-state index is 12.5. The Morgan fingerprint density at radius 3 is 2.21 bits per heavy atom. The predicted molar refractivity (Wildman–Crippen MR) is 117 cm³/mol. The van der Waals surface area contributed by atoms with Crippen molar-refractivity contribution >= 4 is 17.5 Å². The van der Waals surface area contributed by atoms with Crippen LogP contribution in [0.3, 0.4) is 0 Å². The summed E-state index contributed by atoms with van der Waals surface area (Å²) in [4.78, 5) is 14.9. The summed E-state index contributed by atoms with van der Waals surface area (Å²) >= 11 is 5.96. The monoisotopic (exact) mass is 407 g/mol. The summed E-state index contributed by atoms with van der Waals surface area (Å²) in [5, 5.41) is 3.99. The number of carbonyl (C=O) groups excluding carboxylic acids is 1. The number of rotatable bonds is 6. The van der Waals surface area contributed by atoms with Gasteiger partial charge in [-0.15, -0.1) is 0 Å². The minimum absolute atomic E-state index is 0.106. The maximum Gasteiger partial charge on any atom is 0.224 e. The van der Waals surface area contributed by atoms with Crippen molar-refractivity contribution in [3.63, 3.8) is 0 Å². The second-order valence-electron chi connectivity index (χ2n) is 7.68. The Bertz CT molecular complexity index is 912. The van der Waals surface area contributed by atoms with Crippen LogP contribution in [0.15, 0.2) is 73.1 Å². The fraction of sp³-hybridized carbons (Fsp3) is 0.292. The summed E-state index contributed by atoms with van der Waals surface area (Å²) < 4.78 is 2.06. The van der Waals surface area contributed by atoms with Crippen molar-refractivity contribution in [1.29, 1.82) is 0 Å². The molecule has 4 nitrogen and oxygen atoms in total. The van der Waals surface area contributed by atoms with Gasteiger partial charge >= 0.3 is 0 Å². The quantitative estimate of drug-likeness (QED) is 0.655. The van der Waals surface area contributed by atoms with Gasteiger partial charge in [0, 0.05) is 48.8 Å². The van der Waals surface area contributed by atoms with Crippen LogP contribution in [0.25, 0.3) is 5.69 Å². The summed E-state index contributed by atoms with van der Waals surface area (Å²) in [7, 11) is 0. The van der Waals surface area contributed by atoms with E-state index in [1.807, 2.05) is 48.8 Å². The number of carbonyl (C=O) groups is 1. The SMILES string of the molecule is O=C(Cc1ccc(-n2cccc2)cc1)NC1CCN(Cc2ccc(Cl)cc2)CC1. The van der Waals surface area contributed by atoms with Crippen molar-refractivity contribution in [3.8, 4) is 5.69 Å². The molecule has 0 atom stereocenters. The third-order valence-corrected chi connectivity index (χ3v) is 5.73. The molecule has 1 saturated heterocycles. The summed E-state index contributed by atoms with van der Waals surface area (Å²) in [5.41, 5.74) is 3.42. The van der Waals surface area contributed by atoms with Crippen molar-refractivity contribution in [3.05, 3.63) is 89.2 Å². The third kappa shape index (κ3) is 5.49. The predicted octanol–water partition coefficient (Wildman–Crippen LogP) is 4.45. The maximum atomic E-state index is 12.5. The van der Waals surface area contributed by atoms with E-state index in [1.165, 1.54) is 5.56 Å². The van der Waals surface area contributed by atoms with Crippen LogP contribution < -0.4 is 5.32 Å². The highest BCUT2D eigenvalue weighted by Gasteiger charge is 2.20. The Hall–Kier alpha value is -2.56. The van der Waals surface area contributed by atoms with Gasteiger partial charge in [-0.3, -0.25) is 9.69 Å². The molecule has 0 bridgehead atoms. The van der Waals surface area contributed by atoms with Gasteiger partial charge in [0.2, 0.25) is 5.91 Å². The minimum Gasteiger partial charge on any atom is -0.353 e. The van der Waals surface area contributed by atoms with Crippen LogP contribution in [0.1, 0.15) is 24.0 Å². The molecular weight excluding hydrogens is 382 g/mol. The molecule has 0 aliphatic carbocycles. The Kier molecular flexibility index (Phi) is 6.33. The number of halogens is 1. The van der Waals surface area contributed by atoms with E-state index < -0.39 is 0 Å². The lowest BCUT2D eigenvalue weighted by atomic mass is 10.0. The molecule has 29 heavy (non-hydrogen) atoms. The molecule has 1 aromatic heterocycles. The lowest BCUT2D eigenvalue weighted by molar-refractivity contribution is -0.121. The van der Waals surface area contributed by atoms with Crippen molar-refractivity contribution < 1.29 is 4.79 Å². The number of nitrogens with one attached hydrogen (secondary N) is 1. The van der Waals surface area contributed by atoms with E-state index >= 15 is 0 Å². The Morgan fingerprint density at radius 1 is 0.931 bits per heavy atom. The smallest absolute Gasteiger partial charge is 0.224 e. The first kappa shape index (κ1) is 19.7. The van der Waals surface area contributed by atoms with Gasteiger partial charge in [-0.25, -0.2) is 0 Å². The molecule has 2 heterocycles. The molecule has 3 aromatic rings. The van der Waals surface area contributed by atoms with E-state index in [9.17, 15) is 4.79 Å². The fourth-order valence-electron chi connectivity index (χ4n) is 3.84. The zero-order chi connectivity index (χ0) is 20.1. The summed E-state index contributed by atoms with van der Waals surface area (Å²) in [5.74, 6) is 0.106. The Labute approximate surface area is 177 Å². The van der Waals surface area contributed by atoms with Gasteiger partial charge < -0.3 is 9.88 Å². The zero-order valence-electron chi connectivity index (χ0n) is 16.4. The number of amides is 1. The van der Waals surface area contributed by atoms with Crippen LogP contribution in [0, 0.1) is 0 Å². The number of nitrogens with zero attached hydrogens (tertiary/aromatic N) is 2. The molecule has 4 rings (SSSR count). The molecule has 1 N–H and O–H groups in total. The number of benzene rings is 2. The van der Waals surface area contributed by atoms with Crippen LogP contribution in [0.4, 0.5) is 0 Å². The van der Waals surface area contributed by atoms with Gasteiger partial charge in [-0.1, -0.05) is 35.9 Å². The van der Waals surface area contributed by atoms with Crippen molar-refractivity contribution in [2.45, 2.75) is 31.8 Å². The topological polar surface area (TPSA) is 37.3 Å². The molecule has 1 aliphatic heterocycles. The van der Waals surface area contributed by atoms with E-state index in [0.717, 1.165) is 48.7 Å². The van der Waals surface area contributed by atoms with E-state index in [-0.39, 0.29) is 11.9 Å². The average Bonchev–Trinajstić information content (AvgIpc) is 3.27. The standard InChI is InChI=1S/C24H26ClN3O/c25-21-7-3-20(4-8-21)18-27-15-11-22(12-16-27)26-24(29)17-19-5-9-23(10-6-19)28-13-1-2-14-28/h1-10,13-14,22H,11-12,15-18H2,(H,26,29). The number of likely N-dealkylation sites (tertiary alicyclic amines) is 1. The highest BCUT2D eigenvalue weighted by atomic mass is 35.5. The molecule has 1 amide bonds. The Balaban J connectivity index is 1.22. The van der Waals surface area contributed by atoms with Crippen molar-refractivity contribution in [2.24, 2.45) is 0 Å². The first-order chi connectivity index (χ1) is 14.2.